The quantitative estimate of drug-likeness (QED) is 0.590. The first kappa shape index (κ1) is 11.5. The minimum atomic E-state index is -0.470. The number of allylic oxidation sites excluding steroid dienone is 2. The molecular weight excluding hydrogens is 291 g/mol. The fraction of sp³-hybridized carbons (Fsp3) is 0.300. The van der Waals surface area contributed by atoms with Crippen molar-refractivity contribution in [2.24, 2.45) is 5.73 Å². The average Bonchev–Trinajstić information content (AvgIpc) is 2.25. The number of nitrogens with zero attached hydrogens (tertiary/aromatic N) is 1. The highest BCUT2D eigenvalue weighted by Crippen LogP contribution is 2.14. The highest BCUT2D eigenvalue weighted by atomic mass is 127. The molecule has 1 unspecified atom stereocenters. The van der Waals surface area contributed by atoms with Gasteiger partial charge in [0.15, 0.2) is 0 Å². The highest BCUT2D eigenvalue weighted by molar-refractivity contribution is 14.1. The first-order valence-corrected chi connectivity index (χ1v) is 5.20. The number of nitrogens with two attached hydrogens (primary N) is 1. The van der Waals surface area contributed by atoms with Gasteiger partial charge < -0.3 is 5.73 Å². The SMILES string of the molecule is CN(I)C(=O)C1=CC=CC(C)(N)C=C1. The Morgan fingerprint density at radius 2 is 2.21 bits per heavy atom. The van der Waals surface area contributed by atoms with Crippen LogP contribution in [0.4, 0.5) is 0 Å². The molecule has 0 heterocycles. The van der Waals surface area contributed by atoms with E-state index in [0.717, 1.165) is 0 Å². The van der Waals surface area contributed by atoms with Crippen LogP contribution in [-0.4, -0.2) is 21.6 Å². The predicted molar refractivity (Wildman–Crippen MR) is 65.7 cm³/mol. The molecule has 14 heavy (non-hydrogen) atoms. The van der Waals surface area contributed by atoms with Gasteiger partial charge in [-0.2, -0.15) is 0 Å². The zero-order valence-electron chi connectivity index (χ0n) is 8.20. The molecule has 0 bridgehead atoms. The van der Waals surface area contributed by atoms with Crippen LogP contribution in [0, 0.1) is 0 Å². The van der Waals surface area contributed by atoms with Gasteiger partial charge in [0.2, 0.25) is 0 Å². The molecule has 1 atom stereocenters. The van der Waals surface area contributed by atoms with Crippen LogP contribution in [0.5, 0.6) is 0 Å². The van der Waals surface area contributed by atoms with Gasteiger partial charge in [0.1, 0.15) is 0 Å². The molecule has 0 radical (unpaired) electrons. The summed E-state index contributed by atoms with van der Waals surface area (Å²) in [6, 6.07) is 0. The lowest BCUT2D eigenvalue weighted by atomic mass is 10.0. The minimum absolute atomic E-state index is 0.0239. The molecule has 3 nitrogen and oxygen atoms in total. The number of amides is 1. The molecule has 0 aliphatic heterocycles. The van der Waals surface area contributed by atoms with Gasteiger partial charge >= 0.3 is 0 Å². The molecule has 0 aromatic rings. The van der Waals surface area contributed by atoms with Crippen molar-refractivity contribution in [3.63, 3.8) is 0 Å². The van der Waals surface area contributed by atoms with Gasteiger partial charge in [-0.1, -0.05) is 24.3 Å². The van der Waals surface area contributed by atoms with E-state index in [1.165, 1.54) is 3.11 Å². The van der Waals surface area contributed by atoms with E-state index in [0.29, 0.717) is 5.57 Å². The zero-order chi connectivity index (χ0) is 10.8. The largest absolute Gasteiger partial charge is 0.319 e. The Morgan fingerprint density at radius 1 is 1.57 bits per heavy atom. The molecule has 0 aromatic heterocycles. The normalized spacial score (nSPS) is 25.6. The summed E-state index contributed by atoms with van der Waals surface area (Å²) in [6.45, 7) is 1.88. The van der Waals surface area contributed by atoms with Crippen LogP contribution >= 0.6 is 22.9 Å². The Labute approximate surface area is 97.8 Å². The fourth-order valence-electron chi connectivity index (χ4n) is 1.06. The number of halogens is 1. The Hall–Kier alpha value is -0.620. The maximum atomic E-state index is 11.6. The predicted octanol–water partition coefficient (Wildman–Crippen LogP) is 1.56. The molecule has 4 heteroatoms. The summed E-state index contributed by atoms with van der Waals surface area (Å²) in [6.07, 6.45) is 9.02. The Morgan fingerprint density at radius 3 is 2.79 bits per heavy atom. The van der Waals surface area contributed by atoms with Gasteiger partial charge in [-0.15, -0.1) is 0 Å². The van der Waals surface area contributed by atoms with E-state index in [1.54, 1.807) is 19.2 Å². The van der Waals surface area contributed by atoms with Crippen molar-refractivity contribution < 1.29 is 4.79 Å². The lowest BCUT2D eigenvalue weighted by Gasteiger charge is -2.13. The molecule has 0 spiro atoms. The molecule has 2 N–H and O–H groups in total. The van der Waals surface area contributed by atoms with Crippen LogP contribution in [0.15, 0.2) is 36.0 Å². The van der Waals surface area contributed by atoms with E-state index in [9.17, 15) is 4.79 Å². The minimum Gasteiger partial charge on any atom is -0.319 e. The Bertz CT molecular complexity index is 327. The van der Waals surface area contributed by atoms with Crippen molar-refractivity contribution in [2.45, 2.75) is 12.5 Å². The summed E-state index contributed by atoms with van der Waals surface area (Å²) in [5.74, 6) is -0.0239. The molecule has 0 saturated carbocycles. The summed E-state index contributed by atoms with van der Waals surface area (Å²) in [4.78, 5) is 11.6. The van der Waals surface area contributed by atoms with Gasteiger partial charge in [-0.25, -0.2) is 0 Å². The smallest absolute Gasteiger partial charge is 0.262 e. The van der Waals surface area contributed by atoms with Crippen LogP contribution in [0.25, 0.3) is 0 Å². The highest BCUT2D eigenvalue weighted by Gasteiger charge is 2.15. The second kappa shape index (κ2) is 4.27. The van der Waals surface area contributed by atoms with Crippen LogP contribution in [-0.2, 0) is 4.79 Å². The van der Waals surface area contributed by atoms with Crippen molar-refractivity contribution in [1.29, 1.82) is 0 Å². The van der Waals surface area contributed by atoms with Crippen LogP contribution in [0.2, 0.25) is 0 Å². The molecule has 1 aliphatic carbocycles. The van der Waals surface area contributed by atoms with E-state index in [1.807, 2.05) is 48.0 Å². The molecule has 1 amide bonds. The van der Waals surface area contributed by atoms with Crippen molar-refractivity contribution >= 4 is 28.8 Å². The number of hydrogen-bond donors (Lipinski definition) is 1. The number of carbonyl (C=O) groups is 1. The van der Waals surface area contributed by atoms with E-state index in [2.05, 4.69) is 0 Å². The number of hydrogen-bond acceptors (Lipinski definition) is 2. The van der Waals surface area contributed by atoms with E-state index in [4.69, 9.17) is 5.73 Å². The second-order valence-electron chi connectivity index (χ2n) is 3.46. The van der Waals surface area contributed by atoms with E-state index in [-0.39, 0.29) is 5.91 Å². The summed E-state index contributed by atoms with van der Waals surface area (Å²) in [5, 5.41) is 0. The Kier molecular flexibility index (Phi) is 3.49. The van der Waals surface area contributed by atoms with Crippen molar-refractivity contribution in [1.82, 2.24) is 3.11 Å². The van der Waals surface area contributed by atoms with Gasteiger partial charge in [-0.05, 0) is 13.0 Å². The monoisotopic (exact) mass is 304 g/mol. The maximum absolute atomic E-state index is 11.6. The summed E-state index contributed by atoms with van der Waals surface area (Å²) < 4.78 is 1.51. The zero-order valence-corrected chi connectivity index (χ0v) is 10.4. The number of likely N-dealkylation sites (N-methyl/N-ethyl adjacent to an activating group) is 1. The van der Waals surface area contributed by atoms with Crippen LogP contribution < -0.4 is 5.73 Å². The standard InChI is InChI=1S/C10H13IN2O/c1-10(12)6-3-4-8(5-7-10)9(14)13(2)11/h3-7H,12H2,1-2H3. The van der Waals surface area contributed by atoms with Gasteiger partial charge in [0.25, 0.3) is 5.91 Å². The van der Waals surface area contributed by atoms with Crippen LogP contribution in [0.1, 0.15) is 6.92 Å². The first-order valence-electron chi connectivity index (χ1n) is 4.24. The fourth-order valence-corrected chi connectivity index (χ4v) is 1.34. The molecular formula is C10H13IN2O. The molecule has 0 saturated heterocycles. The third-order valence-corrected chi connectivity index (χ3v) is 2.32. The average molecular weight is 304 g/mol. The first-order chi connectivity index (χ1) is 6.42. The molecule has 1 aliphatic rings. The second-order valence-corrected chi connectivity index (χ2v) is 4.91. The molecule has 1 rings (SSSR count). The van der Waals surface area contributed by atoms with Gasteiger partial charge in [0.05, 0.1) is 28.4 Å². The number of carbonyl (C=O) groups excluding carboxylic acids is 1. The van der Waals surface area contributed by atoms with Crippen molar-refractivity contribution in [3.8, 4) is 0 Å². The summed E-state index contributed by atoms with van der Waals surface area (Å²) in [7, 11) is 1.72. The third-order valence-electron chi connectivity index (χ3n) is 1.88. The number of rotatable bonds is 1. The topological polar surface area (TPSA) is 46.3 Å². The van der Waals surface area contributed by atoms with Crippen molar-refractivity contribution in [3.05, 3.63) is 36.0 Å². The summed E-state index contributed by atoms with van der Waals surface area (Å²) >= 11 is 1.95. The third kappa shape index (κ3) is 2.95. The molecule has 0 fully saturated rings. The van der Waals surface area contributed by atoms with Crippen molar-refractivity contribution in [2.75, 3.05) is 7.05 Å². The lowest BCUT2D eigenvalue weighted by molar-refractivity contribution is -0.120. The van der Waals surface area contributed by atoms with E-state index >= 15 is 0 Å². The molecule has 0 aromatic carbocycles. The summed E-state index contributed by atoms with van der Waals surface area (Å²) in [5.41, 5.74) is 6.06. The molecule has 76 valence electrons. The van der Waals surface area contributed by atoms with Gasteiger partial charge in [0, 0.05) is 12.6 Å². The lowest BCUT2D eigenvalue weighted by Crippen LogP contribution is -2.30. The van der Waals surface area contributed by atoms with Gasteiger partial charge in [-0.3, -0.25) is 7.91 Å². The van der Waals surface area contributed by atoms with Crippen LogP contribution in [0.3, 0.4) is 0 Å². The van der Waals surface area contributed by atoms with E-state index < -0.39 is 5.54 Å². The maximum Gasteiger partial charge on any atom is 0.262 e. The Balaban J connectivity index is 2.90.